The molecule has 4 nitrogen and oxygen atoms in total. The highest BCUT2D eigenvalue weighted by molar-refractivity contribution is 7.90. The summed E-state index contributed by atoms with van der Waals surface area (Å²) in [4.78, 5) is 12.3. The van der Waals surface area contributed by atoms with E-state index in [1.54, 1.807) is 12.1 Å². The monoisotopic (exact) mass is 303 g/mol. The molecule has 1 amide bonds. The van der Waals surface area contributed by atoms with Crippen LogP contribution in [0.1, 0.15) is 21.5 Å². The summed E-state index contributed by atoms with van der Waals surface area (Å²) in [6.07, 6.45) is 1.12. The molecule has 0 spiro atoms. The largest absolute Gasteiger partial charge is 0.322 e. The van der Waals surface area contributed by atoms with Gasteiger partial charge in [-0.25, -0.2) is 8.42 Å². The second-order valence-electron chi connectivity index (χ2n) is 5.05. The van der Waals surface area contributed by atoms with Crippen molar-refractivity contribution < 1.29 is 13.2 Å². The summed E-state index contributed by atoms with van der Waals surface area (Å²) in [7, 11) is -3.32. The van der Waals surface area contributed by atoms with E-state index in [1.165, 1.54) is 12.1 Å². The van der Waals surface area contributed by atoms with Crippen LogP contribution in [0.15, 0.2) is 47.4 Å². The SMILES string of the molecule is Cc1ccc(NC(=O)c2cccc(S(C)(=O)=O)c2)cc1C. The lowest BCUT2D eigenvalue weighted by Gasteiger charge is -2.08. The Bertz CT molecular complexity index is 795. The number of anilines is 1. The first kappa shape index (κ1) is 15.3. The van der Waals surface area contributed by atoms with Gasteiger partial charge >= 0.3 is 0 Å². The standard InChI is InChI=1S/C16H17NO3S/c1-11-7-8-14(9-12(11)2)17-16(18)13-5-4-6-15(10-13)21(3,19)20/h4-10H,1-3H3,(H,17,18). The van der Waals surface area contributed by atoms with E-state index >= 15 is 0 Å². The molecule has 1 N–H and O–H groups in total. The molecular weight excluding hydrogens is 286 g/mol. The Kier molecular flexibility index (Phi) is 4.14. The van der Waals surface area contributed by atoms with Gasteiger partial charge in [-0.15, -0.1) is 0 Å². The van der Waals surface area contributed by atoms with Gasteiger partial charge in [0, 0.05) is 17.5 Å². The molecule has 0 heterocycles. The number of aryl methyl sites for hydroxylation is 2. The number of hydrogen-bond donors (Lipinski definition) is 1. The third-order valence-electron chi connectivity index (χ3n) is 3.29. The summed E-state index contributed by atoms with van der Waals surface area (Å²) >= 11 is 0. The van der Waals surface area contributed by atoms with Gasteiger partial charge in [0.05, 0.1) is 4.90 Å². The molecule has 0 bridgehead atoms. The third kappa shape index (κ3) is 3.70. The zero-order chi connectivity index (χ0) is 15.6. The van der Waals surface area contributed by atoms with Gasteiger partial charge in [-0.1, -0.05) is 12.1 Å². The zero-order valence-corrected chi connectivity index (χ0v) is 13.0. The summed E-state index contributed by atoms with van der Waals surface area (Å²) in [5, 5.41) is 2.77. The van der Waals surface area contributed by atoms with Gasteiger partial charge in [0.2, 0.25) is 0 Å². The van der Waals surface area contributed by atoms with Crippen LogP contribution < -0.4 is 5.32 Å². The molecule has 0 saturated carbocycles. The first-order chi connectivity index (χ1) is 9.77. The quantitative estimate of drug-likeness (QED) is 0.948. The van der Waals surface area contributed by atoms with Crippen LogP contribution in [0.3, 0.4) is 0 Å². The van der Waals surface area contributed by atoms with E-state index in [0.717, 1.165) is 17.4 Å². The van der Waals surface area contributed by atoms with Gasteiger partial charge in [0.15, 0.2) is 9.84 Å². The molecule has 0 aromatic heterocycles. The second-order valence-corrected chi connectivity index (χ2v) is 7.07. The fourth-order valence-electron chi connectivity index (χ4n) is 1.89. The van der Waals surface area contributed by atoms with Crippen molar-refractivity contribution in [2.24, 2.45) is 0 Å². The highest BCUT2D eigenvalue weighted by atomic mass is 32.2. The molecule has 0 aliphatic heterocycles. The highest BCUT2D eigenvalue weighted by Gasteiger charge is 2.12. The van der Waals surface area contributed by atoms with Crippen LogP contribution in [0, 0.1) is 13.8 Å². The molecule has 0 aliphatic rings. The first-order valence-electron chi connectivity index (χ1n) is 6.46. The van der Waals surface area contributed by atoms with Gasteiger partial charge in [-0.3, -0.25) is 4.79 Å². The predicted octanol–water partition coefficient (Wildman–Crippen LogP) is 2.96. The van der Waals surface area contributed by atoms with Gasteiger partial charge in [-0.2, -0.15) is 0 Å². The maximum Gasteiger partial charge on any atom is 0.255 e. The first-order valence-corrected chi connectivity index (χ1v) is 8.35. The van der Waals surface area contributed by atoms with Gasteiger partial charge in [0.25, 0.3) is 5.91 Å². The second kappa shape index (κ2) is 5.69. The minimum atomic E-state index is -3.32. The molecule has 2 rings (SSSR count). The molecule has 0 unspecified atom stereocenters. The van der Waals surface area contributed by atoms with E-state index in [1.807, 2.05) is 32.0 Å². The molecule has 21 heavy (non-hydrogen) atoms. The molecule has 0 aliphatic carbocycles. The van der Waals surface area contributed by atoms with E-state index in [4.69, 9.17) is 0 Å². The number of sulfone groups is 1. The lowest BCUT2D eigenvalue weighted by Crippen LogP contribution is -2.12. The predicted molar refractivity (Wildman–Crippen MR) is 83.4 cm³/mol. The van der Waals surface area contributed by atoms with Crippen LogP contribution in [-0.4, -0.2) is 20.6 Å². The maximum atomic E-state index is 12.2. The minimum absolute atomic E-state index is 0.134. The van der Waals surface area contributed by atoms with E-state index in [-0.39, 0.29) is 10.8 Å². The van der Waals surface area contributed by atoms with Crippen molar-refractivity contribution in [3.05, 3.63) is 59.2 Å². The average molecular weight is 303 g/mol. The van der Waals surface area contributed by atoms with E-state index in [2.05, 4.69) is 5.32 Å². The molecule has 0 radical (unpaired) electrons. The normalized spacial score (nSPS) is 11.2. The van der Waals surface area contributed by atoms with Crippen LogP contribution in [0.5, 0.6) is 0 Å². The van der Waals surface area contributed by atoms with Crippen molar-refractivity contribution in [3.63, 3.8) is 0 Å². The molecule has 110 valence electrons. The molecule has 2 aromatic rings. The highest BCUT2D eigenvalue weighted by Crippen LogP contribution is 2.16. The topological polar surface area (TPSA) is 63.2 Å². The van der Waals surface area contributed by atoms with Crippen molar-refractivity contribution in [3.8, 4) is 0 Å². The van der Waals surface area contributed by atoms with Crippen LogP contribution in [0.25, 0.3) is 0 Å². The number of rotatable bonds is 3. The van der Waals surface area contributed by atoms with Gasteiger partial charge in [-0.05, 0) is 55.3 Å². The summed E-state index contributed by atoms with van der Waals surface area (Å²) in [6.45, 7) is 3.96. The number of hydrogen-bond acceptors (Lipinski definition) is 3. The van der Waals surface area contributed by atoms with E-state index in [0.29, 0.717) is 11.3 Å². The van der Waals surface area contributed by atoms with Crippen molar-refractivity contribution in [2.75, 3.05) is 11.6 Å². The minimum Gasteiger partial charge on any atom is -0.322 e. The Balaban J connectivity index is 2.26. The summed E-state index contributed by atoms with van der Waals surface area (Å²) in [5.41, 5.74) is 3.23. The zero-order valence-electron chi connectivity index (χ0n) is 12.2. The maximum absolute atomic E-state index is 12.2. The summed E-state index contributed by atoms with van der Waals surface area (Å²) in [5.74, 6) is -0.330. The average Bonchev–Trinajstić information content (AvgIpc) is 2.42. The van der Waals surface area contributed by atoms with Crippen molar-refractivity contribution >= 4 is 21.4 Å². The van der Waals surface area contributed by atoms with E-state index in [9.17, 15) is 13.2 Å². The van der Waals surface area contributed by atoms with Crippen molar-refractivity contribution in [1.29, 1.82) is 0 Å². The van der Waals surface area contributed by atoms with Crippen molar-refractivity contribution in [1.82, 2.24) is 0 Å². The number of carbonyl (C=O) groups excluding carboxylic acids is 1. The molecule has 0 fully saturated rings. The van der Waals surface area contributed by atoms with Gasteiger partial charge in [0.1, 0.15) is 0 Å². The van der Waals surface area contributed by atoms with Crippen LogP contribution in [0.4, 0.5) is 5.69 Å². The Morgan fingerprint density at radius 1 is 1.00 bits per heavy atom. The van der Waals surface area contributed by atoms with E-state index < -0.39 is 9.84 Å². The van der Waals surface area contributed by atoms with Crippen LogP contribution in [-0.2, 0) is 9.84 Å². The number of amides is 1. The molecule has 0 saturated heterocycles. The molecule has 2 aromatic carbocycles. The Morgan fingerprint density at radius 2 is 1.71 bits per heavy atom. The number of nitrogens with one attached hydrogen (secondary N) is 1. The number of carbonyl (C=O) groups is 1. The summed E-state index contributed by atoms with van der Waals surface area (Å²) in [6, 6.07) is 11.6. The summed E-state index contributed by atoms with van der Waals surface area (Å²) < 4.78 is 23.0. The fraction of sp³-hybridized carbons (Fsp3) is 0.188. The van der Waals surface area contributed by atoms with Crippen molar-refractivity contribution in [2.45, 2.75) is 18.7 Å². The smallest absolute Gasteiger partial charge is 0.255 e. The molecular formula is C16H17NO3S. The molecule has 0 atom stereocenters. The third-order valence-corrected chi connectivity index (χ3v) is 4.40. The van der Waals surface area contributed by atoms with Crippen LogP contribution in [0.2, 0.25) is 0 Å². The Morgan fingerprint density at radius 3 is 2.33 bits per heavy atom. The Hall–Kier alpha value is -2.14. The lowest BCUT2D eigenvalue weighted by atomic mass is 10.1. The Labute approximate surface area is 124 Å². The lowest BCUT2D eigenvalue weighted by molar-refractivity contribution is 0.102. The van der Waals surface area contributed by atoms with Crippen LogP contribution >= 0.6 is 0 Å². The van der Waals surface area contributed by atoms with Gasteiger partial charge < -0.3 is 5.32 Å². The molecule has 5 heteroatoms. The fourth-order valence-corrected chi connectivity index (χ4v) is 2.56. The number of benzene rings is 2.